The molecule has 0 amide bonds. The molecule has 0 bridgehead atoms. The first-order chi connectivity index (χ1) is 16.6. The smallest absolute Gasteiger partial charge is 0 e. The second-order valence-corrected chi connectivity index (χ2v) is 9.42. The van der Waals surface area contributed by atoms with Gasteiger partial charge in [-0.1, -0.05) is 108 Å². The summed E-state index contributed by atoms with van der Waals surface area (Å²) in [6, 6.07) is 0. The fourth-order valence-electron chi connectivity index (χ4n) is 3.98. The Morgan fingerprint density at radius 3 is 0.415 bits per heavy atom. The Hall–Kier alpha value is 0.904. The van der Waals surface area contributed by atoms with Crippen molar-refractivity contribution in [3.8, 4) is 0 Å². The molecule has 1 saturated carbocycles. The molecule has 0 atom stereocenters. The van der Waals surface area contributed by atoms with E-state index < -0.39 is 0 Å². The van der Waals surface area contributed by atoms with Crippen LogP contribution < -0.4 is 0 Å². The maximum Gasteiger partial charge on any atom is 0 e. The van der Waals surface area contributed by atoms with Crippen LogP contribution in [0.4, 0.5) is 0 Å². The summed E-state index contributed by atoms with van der Waals surface area (Å²) >= 11 is 0. The molecule has 7 heteroatoms. The quantitative estimate of drug-likeness (QED) is 0.173. The summed E-state index contributed by atoms with van der Waals surface area (Å²) in [7, 11) is 0. The van der Waals surface area contributed by atoms with E-state index >= 15 is 0 Å². The zero-order valence-corrected chi connectivity index (χ0v) is 32.4. The van der Waals surface area contributed by atoms with E-state index in [1.807, 2.05) is 0 Å². The molecule has 0 aromatic carbocycles. The Morgan fingerprint density at radius 1 is 0.268 bits per heavy atom. The number of hydrogen-bond donors (Lipinski definition) is 0. The van der Waals surface area contributed by atoms with Gasteiger partial charge in [-0.25, -0.2) is 0 Å². The van der Waals surface area contributed by atoms with Crippen molar-refractivity contribution >= 4 is 0 Å². The summed E-state index contributed by atoms with van der Waals surface area (Å²) < 4.78 is 0. The summed E-state index contributed by atoms with van der Waals surface area (Å²) in [5.41, 5.74) is 0. The van der Waals surface area contributed by atoms with E-state index in [0.717, 1.165) is 0 Å². The fourth-order valence-corrected chi connectivity index (χ4v) is 3.98. The van der Waals surface area contributed by atoms with Gasteiger partial charge in [-0.3, -0.25) is 0 Å². The topological polar surface area (TPSA) is 94.5 Å². The average molecular weight is 870 g/mol. The van der Waals surface area contributed by atoms with Crippen molar-refractivity contribution in [1.29, 1.82) is 0 Å². The van der Waals surface area contributed by atoms with Crippen LogP contribution in [0.3, 0.4) is 0 Å². The molecule has 4 rings (SSSR count). The van der Waals surface area contributed by atoms with Gasteiger partial charge in [-0.05, 0) is 107 Å². The Balaban J connectivity index is -0.0000000714. The fraction of sp³-hybridized carbons (Fsp3) is 0.500. The van der Waals surface area contributed by atoms with Crippen LogP contribution in [0, 0.1) is 29.6 Å². The molecular formula is C34H57O3Rh3Ti. The SMILES string of the molecule is C1=C\CC/C=C\CC/1.C1=C\CC/C=C\CC/1.C1=C\CC/C=C\CC/1.C[C]1[C](C)[C](C)[C](C)[C]1C.O.O.O.[Rh].[Rh].[Rh].[Ti]. The monoisotopic (exact) mass is 870 g/mol. The van der Waals surface area contributed by atoms with Crippen molar-refractivity contribution in [3.05, 3.63) is 103 Å². The standard InChI is InChI=1S/C10H15.3C8H12.3H2O.3Rh.Ti/c1-6-7(2)9(4)10(5)8(6)3;3*1-2-4-6-8-7-5-3-1;;;;;;;/h1-5H3;3*1-2,7-8H,3-6H2;3*1H2;;;;/b;3*2-1-,8-7-;;;;;;;. The molecule has 0 heterocycles. The summed E-state index contributed by atoms with van der Waals surface area (Å²) in [6.07, 6.45) is 42.0. The zero-order chi connectivity index (χ0) is 24.9. The minimum absolute atomic E-state index is 0. The third-order valence-electron chi connectivity index (χ3n) is 6.81. The molecule has 0 spiro atoms. The maximum absolute atomic E-state index is 2.27. The van der Waals surface area contributed by atoms with Crippen LogP contribution in [0.5, 0.6) is 0 Å². The van der Waals surface area contributed by atoms with Crippen molar-refractivity contribution in [2.24, 2.45) is 0 Å². The molecule has 0 aliphatic heterocycles. The molecule has 6 N–H and O–H groups in total. The van der Waals surface area contributed by atoms with Gasteiger partial charge in [-0.15, -0.1) is 0 Å². The van der Waals surface area contributed by atoms with Gasteiger partial charge in [0.25, 0.3) is 0 Å². The van der Waals surface area contributed by atoms with E-state index in [-0.39, 0.29) is 96.6 Å². The van der Waals surface area contributed by atoms with Gasteiger partial charge in [0.2, 0.25) is 0 Å². The first kappa shape index (κ1) is 57.5. The average Bonchev–Trinajstić information content (AvgIpc) is 2.91. The van der Waals surface area contributed by atoms with Crippen LogP contribution in [0.1, 0.15) is 112 Å². The van der Waals surface area contributed by atoms with E-state index in [9.17, 15) is 0 Å². The second-order valence-electron chi connectivity index (χ2n) is 9.42. The Kier molecular flexibility index (Phi) is 57.4. The number of hydrogen-bond acceptors (Lipinski definition) is 0. The van der Waals surface area contributed by atoms with Crippen LogP contribution in [0.15, 0.2) is 72.9 Å². The maximum atomic E-state index is 2.27. The normalized spacial score (nSPS) is 23.3. The van der Waals surface area contributed by atoms with Crippen molar-refractivity contribution in [3.63, 3.8) is 0 Å². The Labute approximate surface area is 308 Å². The van der Waals surface area contributed by atoms with Crippen molar-refractivity contribution < 1.29 is 96.6 Å². The van der Waals surface area contributed by atoms with Gasteiger partial charge >= 0.3 is 0 Å². The largest absolute Gasteiger partial charge is 0.412 e. The molecule has 3 nitrogen and oxygen atoms in total. The van der Waals surface area contributed by atoms with Crippen LogP contribution >= 0.6 is 0 Å². The summed E-state index contributed by atoms with van der Waals surface area (Å²) in [5, 5.41) is 0. The first-order valence-corrected chi connectivity index (χ1v) is 13.6. The van der Waals surface area contributed by atoms with Gasteiger partial charge in [0.15, 0.2) is 0 Å². The molecule has 1 fully saturated rings. The van der Waals surface area contributed by atoms with Gasteiger partial charge in [0.1, 0.15) is 0 Å². The van der Waals surface area contributed by atoms with Gasteiger partial charge in [-0.2, -0.15) is 0 Å². The summed E-state index contributed by atoms with van der Waals surface area (Å²) in [4.78, 5) is 0. The first-order valence-electron chi connectivity index (χ1n) is 13.6. The van der Waals surface area contributed by atoms with E-state index in [4.69, 9.17) is 0 Å². The molecule has 242 valence electrons. The van der Waals surface area contributed by atoms with Crippen molar-refractivity contribution in [2.75, 3.05) is 0 Å². The molecular weight excluding hydrogens is 813 g/mol. The third-order valence-corrected chi connectivity index (χ3v) is 6.81. The predicted octanol–water partition coefficient (Wildman–Crippen LogP) is 8.51. The second kappa shape index (κ2) is 40.9. The van der Waals surface area contributed by atoms with Gasteiger partial charge in [0, 0.05) is 80.2 Å². The zero-order valence-electron chi connectivity index (χ0n) is 25.9. The minimum atomic E-state index is 0. The predicted molar refractivity (Wildman–Crippen MR) is 166 cm³/mol. The molecule has 0 saturated heterocycles. The van der Waals surface area contributed by atoms with Crippen LogP contribution in [0.25, 0.3) is 0 Å². The summed E-state index contributed by atoms with van der Waals surface area (Å²) in [6.45, 7) is 11.0. The van der Waals surface area contributed by atoms with Gasteiger partial charge < -0.3 is 16.4 Å². The summed E-state index contributed by atoms with van der Waals surface area (Å²) in [5.74, 6) is 7.34. The number of allylic oxidation sites excluding steroid dienone is 12. The third kappa shape index (κ3) is 30.7. The van der Waals surface area contributed by atoms with Crippen molar-refractivity contribution in [1.82, 2.24) is 0 Å². The van der Waals surface area contributed by atoms with E-state index in [1.165, 1.54) is 107 Å². The van der Waals surface area contributed by atoms with Crippen LogP contribution in [-0.2, 0) is 80.2 Å². The molecule has 4 aliphatic rings. The molecule has 0 aromatic rings. The molecule has 41 heavy (non-hydrogen) atoms. The van der Waals surface area contributed by atoms with Crippen LogP contribution in [0.2, 0.25) is 0 Å². The van der Waals surface area contributed by atoms with E-state index in [1.54, 1.807) is 0 Å². The Morgan fingerprint density at radius 2 is 0.341 bits per heavy atom. The number of rotatable bonds is 0. The van der Waals surface area contributed by atoms with E-state index in [0.29, 0.717) is 0 Å². The molecule has 4 aliphatic carbocycles. The Bertz CT molecular complexity index is 489. The molecule has 0 unspecified atom stereocenters. The molecule has 0 aromatic heterocycles. The van der Waals surface area contributed by atoms with Crippen LogP contribution in [-0.4, -0.2) is 16.4 Å². The van der Waals surface area contributed by atoms with Gasteiger partial charge in [0.05, 0.1) is 0 Å². The minimum Gasteiger partial charge on any atom is -0.412 e. The van der Waals surface area contributed by atoms with E-state index in [2.05, 4.69) is 108 Å². The molecule has 8 radical (unpaired) electrons. The van der Waals surface area contributed by atoms with Crippen molar-refractivity contribution in [2.45, 2.75) is 112 Å².